The molecule has 170 valence electrons. The molecule has 1 heterocycles. The van der Waals surface area contributed by atoms with Gasteiger partial charge in [0.1, 0.15) is 23.1 Å². The summed E-state index contributed by atoms with van der Waals surface area (Å²) in [6.07, 6.45) is 0. The smallest absolute Gasteiger partial charge is 0.339 e. The maximum atomic E-state index is 13.0. The fourth-order valence-electron chi connectivity index (χ4n) is 3.29. The highest BCUT2D eigenvalue weighted by Gasteiger charge is 2.23. The summed E-state index contributed by atoms with van der Waals surface area (Å²) in [5.74, 6) is -0.402. The van der Waals surface area contributed by atoms with Gasteiger partial charge in [0.05, 0.1) is 10.5 Å². The number of aromatic nitrogens is 1. The van der Waals surface area contributed by atoms with Crippen LogP contribution >= 0.6 is 11.6 Å². The Kier molecular flexibility index (Phi) is 6.51. The third kappa shape index (κ3) is 4.72. The number of ketones is 1. The lowest BCUT2D eigenvalue weighted by molar-refractivity contribution is -0.384. The molecule has 0 spiro atoms. The van der Waals surface area contributed by atoms with Crippen molar-refractivity contribution in [3.63, 3.8) is 0 Å². The highest BCUT2D eigenvalue weighted by Crippen LogP contribution is 2.27. The number of nitro benzene ring substituents is 1. The molecule has 0 aliphatic rings. The Morgan fingerprint density at radius 2 is 1.71 bits per heavy atom. The molecule has 0 aliphatic carbocycles. The topological polar surface area (TPSA) is 113 Å². The number of hydrogen-bond acceptors (Lipinski definition) is 7. The molecule has 1 aromatic heterocycles. The largest absolute Gasteiger partial charge is 0.455 e. The lowest BCUT2D eigenvalue weighted by Crippen LogP contribution is -2.13. The molecule has 4 aromatic rings. The van der Waals surface area contributed by atoms with Crippen LogP contribution in [0.2, 0.25) is 5.02 Å². The van der Waals surface area contributed by atoms with Crippen LogP contribution in [0.25, 0.3) is 11.5 Å². The molecule has 3 aromatic carbocycles. The number of oxazole rings is 1. The normalized spacial score (nSPS) is 10.6. The van der Waals surface area contributed by atoms with Crippen LogP contribution in [0, 0.1) is 17.0 Å². The number of nitrogens with zero attached hydrogens (tertiary/aromatic N) is 2. The second-order valence-corrected chi connectivity index (χ2v) is 7.67. The minimum Gasteiger partial charge on any atom is -0.455 e. The number of hydrogen-bond donors (Lipinski definition) is 0. The Morgan fingerprint density at radius 3 is 2.41 bits per heavy atom. The van der Waals surface area contributed by atoms with Crippen LogP contribution in [0.4, 0.5) is 5.69 Å². The Morgan fingerprint density at radius 1 is 1.03 bits per heavy atom. The Bertz CT molecular complexity index is 1400. The molecule has 0 unspecified atom stereocenters. The molecule has 0 bridgehead atoms. The number of halogens is 1. The number of carbonyl (C=O) groups excluding carboxylic acids is 2. The molecule has 34 heavy (non-hydrogen) atoms. The van der Waals surface area contributed by atoms with Crippen molar-refractivity contribution in [1.29, 1.82) is 0 Å². The van der Waals surface area contributed by atoms with E-state index < -0.39 is 22.4 Å². The molecule has 0 aliphatic heterocycles. The van der Waals surface area contributed by atoms with Gasteiger partial charge in [0.2, 0.25) is 5.89 Å². The Labute approximate surface area is 198 Å². The van der Waals surface area contributed by atoms with Crippen molar-refractivity contribution in [3.05, 3.63) is 116 Å². The summed E-state index contributed by atoms with van der Waals surface area (Å²) >= 11 is 5.84. The minimum atomic E-state index is -0.740. The van der Waals surface area contributed by atoms with Crippen LogP contribution in [0.1, 0.15) is 37.7 Å². The van der Waals surface area contributed by atoms with E-state index in [1.54, 1.807) is 19.1 Å². The summed E-state index contributed by atoms with van der Waals surface area (Å²) in [7, 11) is 0. The van der Waals surface area contributed by atoms with Gasteiger partial charge >= 0.3 is 5.97 Å². The average molecular weight is 477 g/mol. The van der Waals surface area contributed by atoms with Gasteiger partial charge in [-0.3, -0.25) is 14.9 Å². The standard InChI is InChI=1S/C25H17ClN2O6/c1-15-21(27-24(34-15)16-7-3-2-4-8-16)14-33-25(30)19-10-6-5-9-18(19)23(29)17-11-12-20(26)22(13-17)28(31)32/h2-13H,14H2,1H3. The lowest BCUT2D eigenvalue weighted by Gasteiger charge is -2.09. The number of ether oxygens (including phenoxy) is 1. The second-order valence-electron chi connectivity index (χ2n) is 7.26. The number of rotatable bonds is 7. The fourth-order valence-corrected chi connectivity index (χ4v) is 3.47. The fraction of sp³-hybridized carbons (Fsp3) is 0.0800. The zero-order chi connectivity index (χ0) is 24.2. The first-order valence-electron chi connectivity index (χ1n) is 10.1. The van der Waals surface area contributed by atoms with Gasteiger partial charge in [-0.25, -0.2) is 9.78 Å². The highest BCUT2D eigenvalue weighted by molar-refractivity contribution is 6.33. The lowest BCUT2D eigenvalue weighted by atomic mass is 9.98. The van der Waals surface area contributed by atoms with Gasteiger partial charge in [-0.2, -0.15) is 0 Å². The molecule has 0 amide bonds. The summed E-state index contributed by atoms with van der Waals surface area (Å²) in [5, 5.41) is 11.1. The first kappa shape index (κ1) is 22.9. The van der Waals surface area contributed by atoms with E-state index in [-0.39, 0.29) is 28.3 Å². The van der Waals surface area contributed by atoms with E-state index in [9.17, 15) is 19.7 Å². The molecule has 0 saturated carbocycles. The SMILES string of the molecule is Cc1oc(-c2ccccc2)nc1COC(=O)c1ccccc1C(=O)c1ccc(Cl)c([N+](=O)[O-])c1. The van der Waals surface area contributed by atoms with Crippen molar-refractivity contribution in [1.82, 2.24) is 4.98 Å². The predicted molar refractivity (Wildman–Crippen MR) is 124 cm³/mol. The number of carbonyl (C=O) groups is 2. The third-order valence-electron chi connectivity index (χ3n) is 5.05. The van der Waals surface area contributed by atoms with Crippen LogP contribution in [-0.2, 0) is 11.3 Å². The van der Waals surface area contributed by atoms with Crippen LogP contribution in [0.15, 0.2) is 77.2 Å². The van der Waals surface area contributed by atoms with Gasteiger partial charge in [-0.15, -0.1) is 0 Å². The number of nitro groups is 1. The van der Waals surface area contributed by atoms with E-state index in [1.807, 2.05) is 30.3 Å². The van der Waals surface area contributed by atoms with Gasteiger partial charge in [0, 0.05) is 22.8 Å². The Hall–Kier alpha value is -4.30. The summed E-state index contributed by atoms with van der Waals surface area (Å²) in [6.45, 7) is 1.56. The van der Waals surface area contributed by atoms with Crippen LogP contribution in [0.3, 0.4) is 0 Å². The first-order valence-corrected chi connectivity index (χ1v) is 10.5. The Balaban J connectivity index is 1.55. The summed E-state index contributed by atoms with van der Waals surface area (Å²) in [4.78, 5) is 40.8. The van der Waals surface area contributed by atoms with Crippen molar-refractivity contribution in [3.8, 4) is 11.5 Å². The van der Waals surface area contributed by atoms with Crippen molar-refractivity contribution < 1.29 is 23.7 Å². The molecule has 0 atom stereocenters. The van der Waals surface area contributed by atoms with Gasteiger partial charge in [0.15, 0.2) is 5.78 Å². The quantitative estimate of drug-likeness (QED) is 0.143. The van der Waals surface area contributed by atoms with Crippen LogP contribution in [0.5, 0.6) is 0 Å². The van der Waals surface area contributed by atoms with E-state index in [0.29, 0.717) is 17.3 Å². The zero-order valence-corrected chi connectivity index (χ0v) is 18.6. The maximum Gasteiger partial charge on any atom is 0.339 e. The van der Waals surface area contributed by atoms with E-state index in [2.05, 4.69) is 4.98 Å². The summed E-state index contributed by atoms with van der Waals surface area (Å²) < 4.78 is 11.1. The van der Waals surface area contributed by atoms with E-state index in [0.717, 1.165) is 11.6 Å². The molecular formula is C25H17ClN2O6. The summed E-state index contributed by atoms with van der Waals surface area (Å²) in [6, 6.07) is 19.1. The number of aryl methyl sites for hydroxylation is 1. The van der Waals surface area contributed by atoms with E-state index >= 15 is 0 Å². The van der Waals surface area contributed by atoms with Crippen LogP contribution in [-0.4, -0.2) is 21.7 Å². The van der Waals surface area contributed by atoms with Crippen molar-refractivity contribution >= 4 is 29.0 Å². The van der Waals surface area contributed by atoms with Crippen molar-refractivity contribution in [2.45, 2.75) is 13.5 Å². The van der Waals surface area contributed by atoms with Crippen LogP contribution < -0.4 is 0 Å². The molecule has 0 N–H and O–H groups in total. The van der Waals surface area contributed by atoms with Gasteiger partial charge in [0.25, 0.3) is 5.69 Å². The van der Waals surface area contributed by atoms with Crippen molar-refractivity contribution in [2.24, 2.45) is 0 Å². The minimum absolute atomic E-state index is 0.0227. The third-order valence-corrected chi connectivity index (χ3v) is 5.37. The van der Waals surface area contributed by atoms with Crippen molar-refractivity contribution in [2.75, 3.05) is 0 Å². The molecule has 0 saturated heterocycles. The molecule has 4 rings (SSSR count). The maximum absolute atomic E-state index is 13.0. The molecule has 8 nitrogen and oxygen atoms in total. The average Bonchev–Trinajstić information content (AvgIpc) is 3.23. The second kappa shape index (κ2) is 9.68. The molecule has 0 fully saturated rings. The number of benzene rings is 3. The van der Waals surface area contributed by atoms with Gasteiger partial charge in [-0.05, 0) is 37.3 Å². The first-order chi connectivity index (χ1) is 16.3. The molecular weight excluding hydrogens is 460 g/mol. The molecule has 0 radical (unpaired) electrons. The van der Waals surface area contributed by atoms with Gasteiger partial charge < -0.3 is 9.15 Å². The molecule has 9 heteroatoms. The summed E-state index contributed by atoms with van der Waals surface area (Å²) in [5.41, 5.74) is 0.931. The van der Waals surface area contributed by atoms with E-state index in [4.69, 9.17) is 20.8 Å². The monoisotopic (exact) mass is 476 g/mol. The van der Waals surface area contributed by atoms with E-state index in [1.165, 1.54) is 24.3 Å². The predicted octanol–water partition coefficient (Wildman–Crippen LogP) is 5.80. The number of esters is 1. The zero-order valence-electron chi connectivity index (χ0n) is 17.9. The van der Waals surface area contributed by atoms with Gasteiger partial charge in [-0.1, -0.05) is 48.0 Å². The highest BCUT2D eigenvalue weighted by atomic mass is 35.5.